The maximum atomic E-state index is 12.8. The van der Waals surface area contributed by atoms with E-state index >= 15 is 0 Å². The highest BCUT2D eigenvalue weighted by molar-refractivity contribution is 7.12. The molecule has 0 aliphatic carbocycles. The minimum atomic E-state index is -0.324. The van der Waals surface area contributed by atoms with Gasteiger partial charge in [0, 0.05) is 22.9 Å². The van der Waals surface area contributed by atoms with E-state index in [2.05, 4.69) is 5.32 Å². The standard InChI is InChI=1S/C21H16Cl2N2O2S/c22-14-5-7-17(23)16(12-14)20(26)24-15-6-8-18-13(11-15)3-1-9-25(18)21(27)19-4-2-10-28-19/h2,4-8,10-12H,1,3,9H2,(H,24,26). The topological polar surface area (TPSA) is 49.4 Å². The van der Waals surface area contributed by atoms with Crippen LogP contribution in [0.1, 0.15) is 32.0 Å². The lowest BCUT2D eigenvalue weighted by Crippen LogP contribution is -2.35. The minimum absolute atomic E-state index is 0.0124. The van der Waals surface area contributed by atoms with Gasteiger partial charge in [0.25, 0.3) is 11.8 Å². The van der Waals surface area contributed by atoms with Crippen molar-refractivity contribution in [2.45, 2.75) is 12.8 Å². The molecule has 0 bridgehead atoms. The summed E-state index contributed by atoms with van der Waals surface area (Å²) in [5, 5.41) is 5.55. The van der Waals surface area contributed by atoms with E-state index in [0.29, 0.717) is 27.8 Å². The Bertz CT molecular complexity index is 1050. The Morgan fingerprint density at radius 1 is 1.07 bits per heavy atom. The summed E-state index contributed by atoms with van der Waals surface area (Å²) >= 11 is 13.5. The fourth-order valence-electron chi connectivity index (χ4n) is 3.29. The number of nitrogens with zero attached hydrogens (tertiary/aromatic N) is 1. The van der Waals surface area contributed by atoms with Crippen LogP contribution < -0.4 is 10.2 Å². The zero-order chi connectivity index (χ0) is 19.7. The van der Waals surface area contributed by atoms with E-state index in [1.54, 1.807) is 24.3 Å². The monoisotopic (exact) mass is 430 g/mol. The fourth-order valence-corrected chi connectivity index (χ4v) is 4.34. The third-order valence-corrected chi connectivity index (χ3v) is 6.03. The number of carbonyl (C=O) groups is 2. The molecule has 0 atom stereocenters. The van der Waals surface area contributed by atoms with Gasteiger partial charge in [0.15, 0.2) is 0 Å². The van der Waals surface area contributed by atoms with Gasteiger partial charge >= 0.3 is 0 Å². The largest absolute Gasteiger partial charge is 0.322 e. The summed E-state index contributed by atoms with van der Waals surface area (Å²) in [7, 11) is 0. The lowest BCUT2D eigenvalue weighted by molar-refractivity contribution is 0.0987. The third-order valence-electron chi connectivity index (χ3n) is 4.61. The highest BCUT2D eigenvalue weighted by Gasteiger charge is 2.24. The normalized spacial score (nSPS) is 13.1. The average molecular weight is 431 g/mol. The molecule has 28 heavy (non-hydrogen) atoms. The molecule has 1 N–H and O–H groups in total. The Labute approximate surface area is 176 Å². The van der Waals surface area contributed by atoms with Gasteiger partial charge in [-0.2, -0.15) is 0 Å². The van der Waals surface area contributed by atoms with Crippen molar-refractivity contribution in [1.82, 2.24) is 0 Å². The van der Waals surface area contributed by atoms with Crippen molar-refractivity contribution in [3.05, 3.63) is 80.0 Å². The van der Waals surface area contributed by atoms with Crippen LogP contribution in [0.4, 0.5) is 11.4 Å². The number of hydrogen-bond acceptors (Lipinski definition) is 3. The number of hydrogen-bond donors (Lipinski definition) is 1. The Hall–Kier alpha value is -2.34. The molecule has 7 heteroatoms. The first kappa shape index (κ1) is 19.0. The number of benzene rings is 2. The van der Waals surface area contributed by atoms with Crippen LogP contribution in [0.2, 0.25) is 10.0 Å². The highest BCUT2D eigenvalue weighted by atomic mass is 35.5. The van der Waals surface area contributed by atoms with Gasteiger partial charge in [-0.05, 0) is 66.2 Å². The van der Waals surface area contributed by atoms with Gasteiger partial charge in [-0.15, -0.1) is 11.3 Å². The van der Waals surface area contributed by atoms with Crippen molar-refractivity contribution in [1.29, 1.82) is 0 Å². The van der Waals surface area contributed by atoms with Crippen LogP contribution in [0.25, 0.3) is 0 Å². The average Bonchev–Trinajstić information content (AvgIpc) is 3.23. The van der Waals surface area contributed by atoms with Crippen molar-refractivity contribution in [3.63, 3.8) is 0 Å². The molecule has 1 aliphatic heterocycles. The second kappa shape index (κ2) is 7.95. The maximum absolute atomic E-state index is 12.8. The van der Waals surface area contributed by atoms with Gasteiger partial charge in [0.05, 0.1) is 15.5 Å². The van der Waals surface area contributed by atoms with Crippen LogP contribution in [-0.4, -0.2) is 18.4 Å². The van der Waals surface area contributed by atoms with Crippen molar-refractivity contribution < 1.29 is 9.59 Å². The maximum Gasteiger partial charge on any atom is 0.268 e. The lowest BCUT2D eigenvalue weighted by atomic mass is 10.0. The van der Waals surface area contributed by atoms with E-state index in [9.17, 15) is 9.59 Å². The molecule has 4 rings (SSSR count). The molecule has 2 amide bonds. The number of fused-ring (bicyclic) bond motifs is 1. The summed E-state index contributed by atoms with van der Waals surface area (Å²) in [4.78, 5) is 27.9. The second-order valence-corrected chi connectivity index (χ2v) is 8.25. The molecule has 0 spiro atoms. The predicted molar refractivity (Wildman–Crippen MR) is 115 cm³/mol. The lowest BCUT2D eigenvalue weighted by Gasteiger charge is -2.29. The number of nitrogens with one attached hydrogen (secondary N) is 1. The zero-order valence-electron chi connectivity index (χ0n) is 14.7. The number of amides is 2. The van der Waals surface area contributed by atoms with Gasteiger partial charge in [-0.3, -0.25) is 9.59 Å². The van der Waals surface area contributed by atoms with Crippen molar-refractivity contribution >= 4 is 57.7 Å². The molecular weight excluding hydrogens is 415 g/mol. The summed E-state index contributed by atoms with van der Waals surface area (Å²) in [5.74, 6) is -0.312. The zero-order valence-corrected chi connectivity index (χ0v) is 17.1. The third kappa shape index (κ3) is 3.78. The van der Waals surface area contributed by atoms with Gasteiger partial charge < -0.3 is 10.2 Å². The number of carbonyl (C=O) groups excluding carboxylic acids is 2. The molecule has 0 saturated heterocycles. The first-order chi connectivity index (χ1) is 13.5. The van der Waals surface area contributed by atoms with Gasteiger partial charge in [0.1, 0.15) is 0 Å². The van der Waals surface area contributed by atoms with Gasteiger partial charge in [-0.25, -0.2) is 0 Å². The number of anilines is 2. The molecule has 0 radical (unpaired) electrons. The van der Waals surface area contributed by atoms with Crippen LogP contribution in [0.5, 0.6) is 0 Å². The summed E-state index contributed by atoms with van der Waals surface area (Å²) in [6, 6.07) is 14.1. The van der Waals surface area contributed by atoms with Crippen molar-refractivity contribution in [3.8, 4) is 0 Å². The molecule has 0 saturated carbocycles. The number of thiophene rings is 1. The first-order valence-corrected chi connectivity index (χ1v) is 10.4. The van der Waals surface area contributed by atoms with E-state index in [4.69, 9.17) is 23.2 Å². The molecule has 2 aromatic carbocycles. The summed E-state index contributed by atoms with van der Waals surface area (Å²) < 4.78 is 0. The van der Waals surface area contributed by atoms with Crippen LogP contribution in [0, 0.1) is 0 Å². The molecule has 142 valence electrons. The Morgan fingerprint density at radius 3 is 2.71 bits per heavy atom. The van der Waals surface area contributed by atoms with Gasteiger partial charge in [-0.1, -0.05) is 29.3 Å². The smallest absolute Gasteiger partial charge is 0.268 e. The molecule has 0 fully saturated rings. The van der Waals surface area contributed by atoms with E-state index in [0.717, 1.165) is 29.0 Å². The molecule has 0 unspecified atom stereocenters. The first-order valence-electron chi connectivity index (χ1n) is 8.77. The second-order valence-electron chi connectivity index (χ2n) is 6.46. The van der Waals surface area contributed by atoms with Gasteiger partial charge in [0.2, 0.25) is 0 Å². The Balaban J connectivity index is 1.58. The molecular formula is C21H16Cl2N2O2S. The molecule has 1 aromatic heterocycles. The van der Waals surface area contributed by atoms with E-state index in [1.165, 1.54) is 11.3 Å². The highest BCUT2D eigenvalue weighted by Crippen LogP contribution is 2.32. The minimum Gasteiger partial charge on any atom is -0.322 e. The van der Waals surface area contributed by atoms with Crippen LogP contribution in [0.15, 0.2) is 53.9 Å². The van der Waals surface area contributed by atoms with Crippen molar-refractivity contribution in [2.75, 3.05) is 16.8 Å². The predicted octanol–water partition coefficient (Wildman–Crippen LogP) is 5.90. The number of aryl methyl sites for hydroxylation is 1. The van der Waals surface area contributed by atoms with E-state index in [1.807, 2.05) is 34.5 Å². The summed E-state index contributed by atoms with van der Waals surface area (Å²) in [6.45, 7) is 0.688. The Morgan fingerprint density at radius 2 is 1.93 bits per heavy atom. The molecule has 2 heterocycles. The van der Waals surface area contributed by atoms with E-state index < -0.39 is 0 Å². The number of halogens is 2. The van der Waals surface area contributed by atoms with Crippen LogP contribution in [-0.2, 0) is 6.42 Å². The summed E-state index contributed by atoms with van der Waals surface area (Å²) in [5.41, 5.74) is 2.90. The molecule has 1 aliphatic rings. The van der Waals surface area contributed by atoms with Crippen molar-refractivity contribution in [2.24, 2.45) is 0 Å². The Kier molecular flexibility index (Phi) is 5.40. The SMILES string of the molecule is O=C(Nc1ccc2c(c1)CCCN2C(=O)c1cccs1)c1cc(Cl)ccc1Cl. The molecule has 4 nitrogen and oxygen atoms in total. The van der Waals surface area contributed by atoms with Crippen LogP contribution >= 0.6 is 34.5 Å². The van der Waals surface area contributed by atoms with E-state index in [-0.39, 0.29) is 11.8 Å². The molecule has 3 aromatic rings. The number of rotatable bonds is 3. The fraction of sp³-hybridized carbons (Fsp3) is 0.143. The summed E-state index contributed by atoms with van der Waals surface area (Å²) in [6.07, 6.45) is 1.73. The van der Waals surface area contributed by atoms with Crippen LogP contribution in [0.3, 0.4) is 0 Å². The quantitative estimate of drug-likeness (QED) is 0.561.